The van der Waals surface area contributed by atoms with Gasteiger partial charge in [0.15, 0.2) is 0 Å². The number of nitrogen functional groups attached to an aromatic ring is 2. The second-order valence-corrected chi connectivity index (χ2v) is 5.30. The van der Waals surface area contributed by atoms with Crippen LogP contribution in [0.4, 0.5) is 11.4 Å². The fraction of sp³-hybridized carbons (Fsp3) is 0. The summed E-state index contributed by atoms with van der Waals surface area (Å²) in [4.78, 5) is 10.9. The van der Waals surface area contributed by atoms with E-state index in [2.05, 4.69) is 0 Å². The highest BCUT2D eigenvalue weighted by atomic mass is 16.5. The predicted octanol–water partition coefficient (Wildman–Crippen LogP) is 4.01. The molecule has 0 aromatic heterocycles. The molecule has 0 aliphatic heterocycles. The minimum Gasteiger partial charge on any atom is -0.478 e. The molecule has 24 heavy (non-hydrogen) atoms. The lowest BCUT2D eigenvalue weighted by Gasteiger charge is -2.09. The lowest BCUT2D eigenvalue weighted by molar-refractivity contribution is 0.0697. The molecule has 0 amide bonds. The number of benzene rings is 3. The quantitative estimate of drug-likeness (QED) is 0.631. The number of ether oxygens (including phenoxy) is 1. The van der Waals surface area contributed by atoms with Gasteiger partial charge in [-0.3, -0.25) is 0 Å². The molecule has 5 N–H and O–H groups in total. The van der Waals surface area contributed by atoms with Crippen LogP contribution < -0.4 is 16.2 Å². The molecule has 0 heterocycles. The fourth-order valence-electron chi connectivity index (χ4n) is 2.27. The van der Waals surface area contributed by atoms with Crippen molar-refractivity contribution in [3.8, 4) is 22.6 Å². The molecule has 0 aliphatic rings. The maximum absolute atomic E-state index is 10.9. The van der Waals surface area contributed by atoms with E-state index in [9.17, 15) is 4.79 Å². The van der Waals surface area contributed by atoms with E-state index in [4.69, 9.17) is 21.3 Å². The number of nitrogens with two attached hydrogens (primary N) is 2. The smallest absolute Gasteiger partial charge is 0.335 e. The van der Waals surface area contributed by atoms with Crippen molar-refractivity contribution in [2.45, 2.75) is 0 Å². The normalized spacial score (nSPS) is 10.3. The second kappa shape index (κ2) is 6.34. The molecule has 0 unspecified atom stereocenters. The summed E-state index contributed by atoms with van der Waals surface area (Å²) in [5, 5.41) is 8.93. The molecule has 3 aromatic rings. The van der Waals surface area contributed by atoms with Crippen molar-refractivity contribution in [2.24, 2.45) is 0 Å². The van der Waals surface area contributed by atoms with E-state index in [0.29, 0.717) is 22.9 Å². The van der Waals surface area contributed by atoms with Gasteiger partial charge in [0, 0.05) is 6.07 Å². The highest BCUT2D eigenvalue weighted by Crippen LogP contribution is 2.28. The Morgan fingerprint density at radius 3 is 1.83 bits per heavy atom. The lowest BCUT2D eigenvalue weighted by atomic mass is 10.0. The van der Waals surface area contributed by atoms with Gasteiger partial charge in [-0.05, 0) is 47.5 Å². The van der Waals surface area contributed by atoms with Crippen LogP contribution >= 0.6 is 0 Å². The Hall–Kier alpha value is -3.47. The zero-order chi connectivity index (χ0) is 17.1. The van der Waals surface area contributed by atoms with E-state index in [0.717, 1.165) is 11.1 Å². The summed E-state index contributed by atoms with van der Waals surface area (Å²) in [5.41, 5.74) is 14.6. The van der Waals surface area contributed by atoms with Crippen LogP contribution in [0.3, 0.4) is 0 Å². The lowest BCUT2D eigenvalue weighted by Crippen LogP contribution is -1.95. The summed E-state index contributed by atoms with van der Waals surface area (Å²) in [7, 11) is 0. The number of anilines is 2. The molecule has 5 heteroatoms. The molecular formula is C19H16N2O3. The van der Waals surface area contributed by atoms with Crippen molar-refractivity contribution >= 4 is 17.3 Å². The van der Waals surface area contributed by atoms with Crippen LogP contribution in [-0.2, 0) is 0 Å². The summed E-state index contributed by atoms with van der Waals surface area (Å²) in [6, 6.07) is 19.3. The maximum Gasteiger partial charge on any atom is 0.335 e. The molecule has 3 aromatic carbocycles. The molecule has 0 saturated carbocycles. The van der Waals surface area contributed by atoms with Crippen LogP contribution in [0, 0.1) is 0 Å². The first-order valence-corrected chi connectivity index (χ1v) is 7.29. The van der Waals surface area contributed by atoms with Gasteiger partial charge in [0.25, 0.3) is 0 Å². The van der Waals surface area contributed by atoms with Crippen LogP contribution in [0.15, 0.2) is 66.7 Å². The topological polar surface area (TPSA) is 98.6 Å². The minimum atomic E-state index is -0.937. The monoisotopic (exact) mass is 320 g/mol. The van der Waals surface area contributed by atoms with E-state index in [1.54, 1.807) is 42.5 Å². The number of hydrogen-bond acceptors (Lipinski definition) is 4. The largest absolute Gasteiger partial charge is 0.478 e. The predicted molar refractivity (Wildman–Crippen MR) is 94.2 cm³/mol. The van der Waals surface area contributed by atoms with E-state index >= 15 is 0 Å². The molecule has 0 saturated heterocycles. The van der Waals surface area contributed by atoms with Crippen LogP contribution in [0.2, 0.25) is 0 Å². The number of rotatable bonds is 4. The summed E-state index contributed by atoms with van der Waals surface area (Å²) >= 11 is 0. The number of carbonyl (C=O) groups is 1. The van der Waals surface area contributed by atoms with Crippen molar-refractivity contribution in [3.63, 3.8) is 0 Å². The number of carboxylic acids is 1. The Labute approximate surface area is 139 Å². The van der Waals surface area contributed by atoms with Crippen LogP contribution in [0.1, 0.15) is 10.4 Å². The minimum absolute atomic E-state index is 0.264. The fourth-order valence-corrected chi connectivity index (χ4v) is 2.27. The van der Waals surface area contributed by atoms with E-state index in [1.807, 2.05) is 24.3 Å². The summed E-state index contributed by atoms with van der Waals surface area (Å²) in [5.74, 6) is 0.346. The zero-order valence-corrected chi connectivity index (χ0v) is 12.8. The maximum atomic E-state index is 10.9. The first-order chi connectivity index (χ1) is 11.5. The highest BCUT2D eigenvalue weighted by molar-refractivity contribution is 5.88. The third-order valence-corrected chi connectivity index (χ3v) is 3.61. The SMILES string of the molecule is Nc1ccc(Oc2ccc(-c3ccc(C(=O)O)cc3)cc2)cc1N. The molecule has 3 rings (SSSR count). The average Bonchev–Trinajstić information content (AvgIpc) is 2.59. The Morgan fingerprint density at radius 1 is 0.750 bits per heavy atom. The molecule has 0 fully saturated rings. The van der Waals surface area contributed by atoms with Gasteiger partial charge in [0.1, 0.15) is 11.5 Å². The van der Waals surface area contributed by atoms with Crippen molar-refractivity contribution in [2.75, 3.05) is 11.5 Å². The van der Waals surface area contributed by atoms with Crippen molar-refractivity contribution in [1.82, 2.24) is 0 Å². The van der Waals surface area contributed by atoms with Crippen LogP contribution in [-0.4, -0.2) is 11.1 Å². The standard InChI is InChI=1S/C19H16N2O3/c20-17-10-9-16(11-18(17)21)24-15-7-5-13(6-8-15)12-1-3-14(4-2-12)19(22)23/h1-11H,20-21H2,(H,22,23). The van der Waals surface area contributed by atoms with Gasteiger partial charge in [-0.15, -0.1) is 0 Å². The Kier molecular flexibility index (Phi) is 4.07. The van der Waals surface area contributed by atoms with E-state index < -0.39 is 5.97 Å². The van der Waals surface area contributed by atoms with E-state index in [-0.39, 0.29) is 5.56 Å². The van der Waals surface area contributed by atoms with Gasteiger partial charge in [-0.2, -0.15) is 0 Å². The highest BCUT2D eigenvalue weighted by Gasteiger charge is 2.04. The Bertz CT molecular complexity index is 872. The van der Waals surface area contributed by atoms with Crippen molar-refractivity contribution in [3.05, 3.63) is 72.3 Å². The summed E-state index contributed by atoms with van der Waals surface area (Å²) in [6.07, 6.45) is 0. The van der Waals surface area contributed by atoms with Gasteiger partial charge in [0.05, 0.1) is 16.9 Å². The van der Waals surface area contributed by atoms with E-state index in [1.165, 1.54) is 0 Å². The molecular weight excluding hydrogens is 304 g/mol. The molecule has 0 atom stereocenters. The molecule has 0 radical (unpaired) electrons. The number of carboxylic acid groups (broad SMARTS) is 1. The molecule has 0 spiro atoms. The average molecular weight is 320 g/mol. The molecule has 5 nitrogen and oxygen atoms in total. The van der Waals surface area contributed by atoms with Gasteiger partial charge < -0.3 is 21.3 Å². The van der Waals surface area contributed by atoms with Crippen molar-refractivity contribution < 1.29 is 14.6 Å². The third kappa shape index (κ3) is 3.30. The van der Waals surface area contributed by atoms with Crippen LogP contribution in [0.5, 0.6) is 11.5 Å². The molecule has 0 aliphatic carbocycles. The van der Waals surface area contributed by atoms with Gasteiger partial charge in [-0.1, -0.05) is 24.3 Å². The third-order valence-electron chi connectivity index (χ3n) is 3.61. The molecule has 0 bridgehead atoms. The zero-order valence-electron chi connectivity index (χ0n) is 12.8. The number of hydrogen-bond donors (Lipinski definition) is 3. The summed E-state index contributed by atoms with van der Waals surface area (Å²) in [6.45, 7) is 0. The molecule has 120 valence electrons. The van der Waals surface area contributed by atoms with Gasteiger partial charge >= 0.3 is 5.97 Å². The first kappa shape index (κ1) is 15.4. The van der Waals surface area contributed by atoms with Crippen molar-refractivity contribution in [1.29, 1.82) is 0 Å². The number of aromatic carboxylic acids is 1. The van der Waals surface area contributed by atoms with Gasteiger partial charge in [-0.25, -0.2) is 4.79 Å². The second-order valence-electron chi connectivity index (χ2n) is 5.30. The van der Waals surface area contributed by atoms with Gasteiger partial charge in [0.2, 0.25) is 0 Å². The Morgan fingerprint density at radius 2 is 1.29 bits per heavy atom. The summed E-state index contributed by atoms with van der Waals surface area (Å²) < 4.78 is 5.74. The Balaban J connectivity index is 1.77. The van der Waals surface area contributed by atoms with Crippen LogP contribution in [0.25, 0.3) is 11.1 Å². The first-order valence-electron chi connectivity index (χ1n) is 7.29.